The summed E-state index contributed by atoms with van der Waals surface area (Å²) in [4.78, 5) is 11.8. The molecule has 3 rings (SSSR count). The van der Waals surface area contributed by atoms with Crippen molar-refractivity contribution in [2.45, 2.75) is 39.2 Å². The van der Waals surface area contributed by atoms with Gasteiger partial charge in [-0.15, -0.1) is 0 Å². The number of aryl methyl sites for hydroxylation is 2. The highest BCUT2D eigenvalue weighted by atomic mass is 16.1. The van der Waals surface area contributed by atoms with Gasteiger partial charge in [-0.25, -0.2) is 0 Å². The molecule has 1 N–H and O–H groups in total. The van der Waals surface area contributed by atoms with E-state index in [-0.39, 0.29) is 5.91 Å². The summed E-state index contributed by atoms with van der Waals surface area (Å²) >= 11 is 0. The first kappa shape index (κ1) is 13.2. The van der Waals surface area contributed by atoms with Crippen LogP contribution in [0.1, 0.15) is 31.2 Å². The van der Waals surface area contributed by atoms with Gasteiger partial charge >= 0.3 is 0 Å². The van der Waals surface area contributed by atoms with E-state index in [4.69, 9.17) is 0 Å². The molecule has 1 fully saturated rings. The maximum absolute atomic E-state index is 11.8. The van der Waals surface area contributed by atoms with Crippen LogP contribution in [-0.4, -0.2) is 22.2 Å². The number of rotatable bonds is 5. The lowest BCUT2D eigenvalue weighted by molar-refractivity contribution is -0.121. The van der Waals surface area contributed by atoms with Crippen LogP contribution in [0.4, 0.5) is 0 Å². The number of benzene rings is 1. The van der Waals surface area contributed by atoms with Gasteiger partial charge in [0, 0.05) is 18.4 Å². The lowest BCUT2D eigenvalue weighted by atomic mass is 9.85. The molecule has 2 aromatic rings. The minimum absolute atomic E-state index is 0.133. The van der Waals surface area contributed by atoms with Crippen molar-refractivity contribution < 1.29 is 4.79 Å². The van der Waals surface area contributed by atoms with E-state index in [0.29, 0.717) is 18.9 Å². The van der Waals surface area contributed by atoms with E-state index >= 15 is 0 Å². The Morgan fingerprint density at radius 2 is 2.30 bits per heavy atom. The van der Waals surface area contributed by atoms with Crippen molar-refractivity contribution in [1.82, 2.24) is 15.1 Å². The Balaban J connectivity index is 1.56. The lowest BCUT2D eigenvalue weighted by Gasteiger charge is -2.25. The van der Waals surface area contributed by atoms with Crippen molar-refractivity contribution in [2.75, 3.05) is 6.54 Å². The zero-order chi connectivity index (χ0) is 13.9. The van der Waals surface area contributed by atoms with Crippen molar-refractivity contribution in [1.29, 1.82) is 0 Å². The predicted molar refractivity (Wildman–Crippen MR) is 79.4 cm³/mol. The third kappa shape index (κ3) is 2.84. The third-order valence-electron chi connectivity index (χ3n) is 4.16. The number of nitrogens with one attached hydrogen (secondary N) is 1. The number of aromatic nitrogens is 2. The number of carbonyl (C=O) groups is 1. The normalized spacial score (nSPS) is 15.2. The minimum atomic E-state index is 0.133. The minimum Gasteiger partial charge on any atom is -0.356 e. The number of fused-ring (bicyclic) bond motifs is 1. The van der Waals surface area contributed by atoms with E-state index in [1.54, 1.807) is 0 Å². The molecular weight excluding hydrogens is 250 g/mol. The first-order chi connectivity index (χ1) is 9.72. The summed E-state index contributed by atoms with van der Waals surface area (Å²) in [5.74, 6) is 0.848. The second-order valence-electron chi connectivity index (χ2n) is 5.78. The van der Waals surface area contributed by atoms with E-state index in [2.05, 4.69) is 35.5 Å². The molecule has 0 spiro atoms. The molecule has 0 bridgehead atoms. The average Bonchev–Trinajstić information content (AvgIpc) is 2.77. The number of hydrogen-bond donors (Lipinski definition) is 1. The highest BCUT2D eigenvalue weighted by Crippen LogP contribution is 2.25. The second-order valence-corrected chi connectivity index (χ2v) is 5.78. The summed E-state index contributed by atoms with van der Waals surface area (Å²) in [5, 5.41) is 8.52. The molecule has 0 aliphatic heterocycles. The zero-order valence-electron chi connectivity index (χ0n) is 11.9. The van der Waals surface area contributed by atoms with Crippen molar-refractivity contribution in [3.63, 3.8) is 0 Å². The highest BCUT2D eigenvalue weighted by Gasteiger charge is 2.17. The number of nitrogens with zero attached hydrogens (tertiary/aromatic N) is 2. The van der Waals surface area contributed by atoms with Crippen molar-refractivity contribution >= 4 is 16.8 Å². The van der Waals surface area contributed by atoms with Crippen LogP contribution in [0.3, 0.4) is 0 Å². The molecule has 1 aromatic heterocycles. The first-order valence-electron chi connectivity index (χ1n) is 7.41. The SMILES string of the molecule is Cc1ccc2cnn(CCC(=O)NCC3CCC3)c2c1. The van der Waals surface area contributed by atoms with Gasteiger partial charge in [0.15, 0.2) is 0 Å². The summed E-state index contributed by atoms with van der Waals surface area (Å²) in [6.07, 6.45) is 6.21. The molecule has 4 nitrogen and oxygen atoms in total. The van der Waals surface area contributed by atoms with Crippen molar-refractivity contribution in [2.24, 2.45) is 5.92 Å². The summed E-state index contributed by atoms with van der Waals surface area (Å²) in [5.41, 5.74) is 2.32. The Labute approximate surface area is 119 Å². The van der Waals surface area contributed by atoms with Gasteiger partial charge in [0.25, 0.3) is 0 Å². The lowest BCUT2D eigenvalue weighted by Crippen LogP contribution is -2.32. The summed E-state index contributed by atoms with van der Waals surface area (Å²) in [6, 6.07) is 6.28. The van der Waals surface area contributed by atoms with Crippen LogP contribution in [0.15, 0.2) is 24.4 Å². The van der Waals surface area contributed by atoms with Gasteiger partial charge in [-0.3, -0.25) is 9.48 Å². The molecule has 1 aromatic carbocycles. The first-order valence-corrected chi connectivity index (χ1v) is 7.41. The molecule has 1 heterocycles. The quantitative estimate of drug-likeness (QED) is 0.908. The predicted octanol–water partition coefficient (Wildman–Crippen LogP) is 2.65. The molecule has 0 radical (unpaired) electrons. The number of carbonyl (C=O) groups excluding carboxylic acids is 1. The standard InChI is InChI=1S/C16H21N3O/c1-12-5-6-14-11-18-19(15(14)9-12)8-7-16(20)17-10-13-3-2-4-13/h5-6,9,11,13H,2-4,7-8,10H2,1H3,(H,17,20). The van der Waals surface area contributed by atoms with Crippen molar-refractivity contribution in [3.8, 4) is 0 Å². The van der Waals surface area contributed by atoms with Crippen LogP contribution < -0.4 is 5.32 Å². The fraction of sp³-hybridized carbons (Fsp3) is 0.500. The topological polar surface area (TPSA) is 46.9 Å². The fourth-order valence-corrected chi connectivity index (χ4v) is 2.61. The van der Waals surface area contributed by atoms with Gasteiger partial charge in [0.05, 0.1) is 18.3 Å². The van der Waals surface area contributed by atoms with Crippen molar-refractivity contribution in [3.05, 3.63) is 30.0 Å². The Hall–Kier alpha value is -1.84. The molecule has 106 valence electrons. The van der Waals surface area contributed by atoms with E-state index in [9.17, 15) is 4.79 Å². The number of hydrogen-bond acceptors (Lipinski definition) is 2. The van der Waals surface area contributed by atoms with Gasteiger partial charge in [0.1, 0.15) is 0 Å². The van der Waals surface area contributed by atoms with Crippen LogP contribution in [0, 0.1) is 12.8 Å². The van der Waals surface area contributed by atoms with E-state index in [1.165, 1.54) is 24.8 Å². The Morgan fingerprint density at radius 3 is 3.05 bits per heavy atom. The Kier molecular flexibility index (Phi) is 3.72. The zero-order valence-corrected chi connectivity index (χ0v) is 11.9. The molecule has 1 aliphatic carbocycles. The van der Waals surface area contributed by atoms with Gasteiger partial charge < -0.3 is 5.32 Å². The van der Waals surface area contributed by atoms with Gasteiger partial charge in [-0.1, -0.05) is 18.6 Å². The summed E-state index contributed by atoms with van der Waals surface area (Å²) in [6.45, 7) is 3.56. The second kappa shape index (κ2) is 5.65. The highest BCUT2D eigenvalue weighted by molar-refractivity contribution is 5.80. The van der Waals surface area contributed by atoms with Gasteiger partial charge in [0.2, 0.25) is 5.91 Å². The third-order valence-corrected chi connectivity index (χ3v) is 4.16. The molecule has 0 saturated heterocycles. The molecule has 20 heavy (non-hydrogen) atoms. The van der Waals surface area contributed by atoms with Crippen LogP contribution in [0.5, 0.6) is 0 Å². The van der Waals surface area contributed by atoms with Crippen LogP contribution >= 0.6 is 0 Å². The summed E-state index contributed by atoms with van der Waals surface area (Å²) in [7, 11) is 0. The molecule has 1 aliphatic rings. The smallest absolute Gasteiger partial charge is 0.221 e. The van der Waals surface area contributed by atoms with Crippen LogP contribution in [-0.2, 0) is 11.3 Å². The van der Waals surface area contributed by atoms with Crippen LogP contribution in [0.2, 0.25) is 0 Å². The molecule has 1 amide bonds. The molecule has 1 saturated carbocycles. The van der Waals surface area contributed by atoms with E-state index in [1.807, 2.05) is 10.9 Å². The number of amides is 1. The maximum atomic E-state index is 11.8. The summed E-state index contributed by atoms with van der Waals surface area (Å²) < 4.78 is 1.92. The monoisotopic (exact) mass is 271 g/mol. The molecular formula is C16H21N3O. The molecule has 0 atom stereocenters. The van der Waals surface area contributed by atoms with Gasteiger partial charge in [-0.2, -0.15) is 5.10 Å². The molecule has 4 heteroatoms. The Morgan fingerprint density at radius 1 is 1.45 bits per heavy atom. The van der Waals surface area contributed by atoms with E-state index in [0.717, 1.165) is 17.4 Å². The fourth-order valence-electron chi connectivity index (χ4n) is 2.61. The van der Waals surface area contributed by atoms with Gasteiger partial charge in [-0.05, 0) is 37.3 Å². The maximum Gasteiger partial charge on any atom is 0.221 e. The largest absolute Gasteiger partial charge is 0.356 e. The molecule has 0 unspecified atom stereocenters. The van der Waals surface area contributed by atoms with Crippen LogP contribution in [0.25, 0.3) is 10.9 Å². The average molecular weight is 271 g/mol. The Bertz CT molecular complexity index is 613. The van der Waals surface area contributed by atoms with E-state index < -0.39 is 0 Å².